The van der Waals surface area contributed by atoms with Crippen LogP contribution in [0, 0.1) is 0 Å². The molecular formula is C13H16N2O3. The van der Waals surface area contributed by atoms with E-state index in [0.29, 0.717) is 5.56 Å². The Hall–Kier alpha value is -1.97. The van der Waals surface area contributed by atoms with Crippen LogP contribution >= 0.6 is 0 Å². The Kier molecular flexibility index (Phi) is 4.37. The van der Waals surface area contributed by atoms with Gasteiger partial charge in [-0.05, 0) is 26.3 Å². The number of aliphatic hydroxyl groups excluding tert-OH is 1. The molecule has 0 saturated carbocycles. The van der Waals surface area contributed by atoms with Gasteiger partial charge in [0.05, 0.1) is 0 Å². The molecule has 1 atom stereocenters. The van der Waals surface area contributed by atoms with Crippen LogP contribution in [-0.4, -0.2) is 27.2 Å². The van der Waals surface area contributed by atoms with Crippen molar-refractivity contribution in [2.45, 2.75) is 32.5 Å². The van der Waals surface area contributed by atoms with Crippen LogP contribution in [0.2, 0.25) is 0 Å². The second-order valence-electron chi connectivity index (χ2n) is 4.80. The summed E-state index contributed by atoms with van der Waals surface area (Å²) in [5, 5.41) is 9.96. The van der Waals surface area contributed by atoms with Gasteiger partial charge in [0.25, 0.3) is 0 Å². The third kappa shape index (κ3) is 3.80. The summed E-state index contributed by atoms with van der Waals surface area (Å²) in [4.78, 5) is 14.6. The largest absolute Gasteiger partial charge is 0.451 e. The Morgan fingerprint density at radius 1 is 1.33 bits per heavy atom. The average molecular weight is 248 g/mol. The number of ether oxygens (including phenoxy) is 1. The van der Waals surface area contributed by atoms with E-state index in [2.05, 4.69) is 4.79 Å². The normalized spacial score (nSPS) is 12.4. The summed E-state index contributed by atoms with van der Waals surface area (Å²) in [6, 6.07) is 8.45. The van der Waals surface area contributed by atoms with E-state index in [4.69, 9.17) is 10.3 Å². The van der Waals surface area contributed by atoms with Crippen LogP contribution in [0.3, 0.4) is 0 Å². The summed E-state index contributed by atoms with van der Waals surface area (Å²) in [5.74, 6) is -0.846. The first kappa shape index (κ1) is 14.1. The van der Waals surface area contributed by atoms with E-state index in [1.165, 1.54) is 0 Å². The molecule has 0 heterocycles. The number of carbonyl (C=O) groups excluding carboxylic acids is 1. The Morgan fingerprint density at radius 3 is 2.33 bits per heavy atom. The van der Waals surface area contributed by atoms with Gasteiger partial charge in [-0.15, -0.1) is 0 Å². The van der Waals surface area contributed by atoms with Crippen LogP contribution in [0.1, 0.15) is 32.4 Å². The fourth-order valence-electron chi connectivity index (χ4n) is 1.33. The zero-order chi connectivity index (χ0) is 13.8. The maximum Gasteiger partial charge on any atom is 0.420 e. The van der Waals surface area contributed by atoms with Gasteiger partial charge in [0, 0.05) is 0 Å². The summed E-state index contributed by atoms with van der Waals surface area (Å²) in [6.45, 7) is 5.07. The maximum absolute atomic E-state index is 11.7. The molecule has 0 amide bonds. The van der Waals surface area contributed by atoms with Crippen LogP contribution in [0.15, 0.2) is 30.3 Å². The zero-order valence-corrected chi connectivity index (χ0v) is 10.6. The number of esters is 1. The highest BCUT2D eigenvalue weighted by molar-refractivity contribution is 6.35. The van der Waals surface area contributed by atoms with Crippen LogP contribution < -0.4 is 0 Å². The standard InChI is InChI=1S/C13H16N2O3/c1-13(2,3)18-12(17)10(15-14)11(16)9-7-5-4-6-8-9/h4-8,11,16H,1-3H3/t11-/m0/s1. The highest BCUT2D eigenvalue weighted by Crippen LogP contribution is 2.16. The lowest BCUT2D eigenvalue weighted by atomic mass is 10.1. The SMILES string of the molecule is CC(C)(C)OC(=O)C(=[N+]=[N-])[C@@H](O)c1ccccc1. The summed E-state index contributed by atoms with van der Waals surface area (Å²) in [5.41, 5.74) is 8.15. The fourth-order valence-corrected chi connectivity index (χ4v) is 1.33. The monoisotopic (exact) mass is 248 g/mol. The van der Waals surface area contributed by atoms with Crippen molar-refractivity contribution < 1.29 is 19.4 Å². The maximum atomic E-state index is 11.7. The molecule has 0 aliphatic carbocycles. The molecule has 1 N–H and O–H groups in total. The Morgan fingerprint density at radius 2 is 1.89 bits per heavy atom. The average Bonchev–Trinajstić information content (AvgIpc) is 2.28. The highest BCUT2D eigenvalue weighted by Gasteiger charge is 2.34. The Bertz CT molecular complexity index is 471. The van der Waals surface area contributed by atoms with Crippen LogP contribution in [0.5, 0.6) is 0 Å². The minimum absolute atomic E-state index is 0.434. The molecule has 0 bridgehead atoms. The minimum atomic E-state index is -1.31. The van der Waals surface area contributed by atoms with Crippen molar-refractivity contribution in [3.8, 4) is 0 Å². The quantitative estimate of drug-likeness (QED) is 0.382. The highest BCUT2D eigenvalue weighted by atomic mass is 16.6. The van der Waals surface area contributed by atoms with Gasteiger partial charge in [-0.1, -0.05) is 30.3 Å². The number of hydrogen-bond acceptors (Lipinski definition) is 3. The van der Waals surface area contributed by atoms with Crippen molar-refractivity contribution in [3.05, 3.63) is 41.4 Å². The van der Waals surface area contributed by atoms with Crippen molar-refractivity contribution in [3.63, 3.8) is 0 Å². The molecule has 0 aromatic heterocycles. The molecule has 0 aliphatic rings. The molecule has 1 aromatic rings. The first-order valence-electron chi connectivity index (χ1n) is 5.53. The molecule has 96 valence electrons. The van der Waals surface area contributed by atoms with Crippen molar-refractivity contribution >= 4 is 11.7 Å². The molecule has 1 rings (SSSR count). The second kappa shape index (κ2) is 5.58. The molecule has 0 radical (unpaired) electrons. The molecule has 0 fully saturated rings. The summed E-state index contributed by atoms with van der Waals surface area (Å²) in [6.07, 6.45) is -1.31. The first-order chi connectivity index (χ1) is 8.35. The van der Waals surface area contributed by atoms with Gasteiger partial charge >= 0.3 is 11.7 Å². The van der Waals surface area contributed by atoms with Crippen molar-refractivity contribution in [1.29, 1.82) is 0 Å². The first-order valence-corrected chi connectivity index (χ1v) is 5.53. The number of carbonyl (C=O) groups is 1. The lowest BCUT2D eigenvalue weighted by molar-refractivity contribution is -0.152. The molecular weight excluding hydrogens is 232 g/mol. The molecule has 1 aromatic carbocycles. The van der Waals surface area contributed by atoms with E-state index in [1.807, 2.05) is 0 Å². The molecule has 0 unspecified atom stereocenters. The van der Waals surface area contributed by atoms with Gasteiger partial charge < -0.3 is 15.4 Å². The van der Waals surface area contributed by atoms with Gasteiger partial charge in [0.1, 0.15) is 5.60 Å². The van der Waals surface area contributed by atoms with E-state index in [-0.39, 0.29) is 0 Å². The third-order valence-electron chi connectivity index (χ3n) is 2.09. The van der Waals surface area contributed by atoms with Gasteiger partial charge in [0.2, 0.25) is 0 Å². The van der Waals surface area contributed by atoms with Gasteiger partial charge in [-0.3, -0.25) is 0 Å². The van der Waals surface area contributed by atoms with Gasteiger partial charge in [-0.2, -0.15) is 4.79 Å². The molecule has 18 heavy (non-hydrogen) atoms. The topological polar surface area (TPSA) is 82.9 Å². The summed E-state index contributed by atoms with van der Waals surface area (Å²) in [7, 11) is 0. The lowest BCUT2D eigenvalue weighted by Crippen LogP contribution is -2.32. The van der Waals surface area contributed by atoms with Gasteiger partial charge in [0.15, 0.2) is 6.10 Å². The van der Waals surface area contributed by atoms with E-state index in [9.17, 15) is 9.90 Å². The van der Waals surface area contributed by atoms with Crippen LogP contribution in [-0.2, 0) is 9.53 Å². The molecule has 5 heteroatoms. The predicted molar refractivity (Wildman–Crippen MR) is 65.9 cm³/mol. The Balaban J connectivity index is 2.92. The smallest absolute Gasteiger partial charge is 0.420 e. The number of rotatable bonds is 3. The minimum Gasteiger partial charge on any atom is -0.451 e. The number of hydrogen-bond donors (Lipinski definition) is 1. The number of aliphatic hydroxyl groups is 1. The predicted octanol–water partition coefficient (Wildman–Crippen LogP) is 1.73. The van der Waals surface area contributed by atoms with E-state index < -0.39 is 23.4 Å². The fraction of sp³-hybridized carbons (Fsp3) is 0.385. The molecule has 5 nitrogen and oxygen atoms in total. The molecule has 0 aliphatic heterocycles. The second-order valence-corrected chi connectivity index (χ2v) is 4.80. The van der Waals surface area contributed by atoms with Crippen molar-refractivity contribution in [2.24, 2.45) is 0 Å². The zero-order valence-electron chi connectivity index (χ0n) is 10.6. The third-order valence-corrected chi connectivity index (χ3v) is 2.09. The summed E-state index contributed by atoms with van der Waals surface area (Å²) < 4.78 is 5.04. The van der Waals surface area contributed by atoms with E-state index in [1.54, 1.807) is 51.1 Å². The van der Waals surface area contributed by atoms with Crippen molar-refractivity contribution in [2.75, 3.05) is 0 Å². The number of nitrogens with zero attached hydrogens (tertiary/aromatic N) is 2. The van der Waals surface area contributed by atoms with E-state index in [0.717, 1.165) is 0 Å². The molecule has 0 spiro atoms. The summed E-state index contributed by atoms with van der Waals surface area (Å²) >= 11 is 0. The van der Waals surface area contributed by atoms with Gasteiger partial charge in [-0.25, -0.2) is 4.79 Å². The van der Waals surface area contributed by atoms with E-state index >= 15 is 0 Å². The van der Waals surface area contributed by atoms with Crippen LogP contribution in [0.25, 0.3) is 5.53 Å². The number of benzene rings is 1. The van der Waals surface area contributed by atoms with Crippen molar-refractivity contribution in [1.82, 2.24) is 0 Å². The lowest BCUT2D eigenvalue weighted by Gasteiger charge is -2.18. The molecule has 0 saturated heterocycles. The van der Waals surface area contributed by atoms with Crippen LogP contribution in [0.4, 0.5) is 0 Å². The Labute approximate surface area is 106 Å².